The molecule has 1 aromatic rings. The number of nitrogens with zero attached hydrogens (tertiary/aromatic N) is 1. The predicted octanol–water partition coefficient (Wildman–Crippen LogP) is 2.21. The van der Waals surface area contributed by atoms with Gasteiger partial charge in [-0.15, -0.1) is 0 Å². The summed E-state index contributed by atoms with van der Waals surface area (Å²) in [6.07, 6.45) is 0. The van der Waals surface area contributed by atoms with Crippen molar-refractivity contribution in [3.8, 4) is 0 Å². The smallest absolute Gasteiger partial charge is 0.238 e. The second kappa shape index (κ2) is 6.89. The summed E-state index contributed by atoms with van der Waals surface area (Å²) in [5, 5.41) is 6.63. The fourth-order valence-corrected chi connectivity index (χ4v) is 1.50. The number of amides is 1. The van der Waals surface area contributed by atoms with E-state index in [1.54, 1.807) is 24.3 Å². The average Bonchev–Trinajstić information content (AvgIpc) is 2.31. The van der Waals surface area contributed by atoms with Gasteiger partial charge in [0, 0.05) is 22.8 Å². The first kappa shape index (κ1) is 16.0. The summed E-state index contributed by atoms with van der Waals surface area (Å²) in [5.41, 5.74) is 0.767. The number of rotatable bonds is 6. The summed E-state index contributed by atoms with van der Waals surface area (Å²) in [6, 6.07) is 7.06. The van der Waals surface area contributed by atoms with E-state index in [1.807, 2.05) is 14.1 Å². The molecule has 19 heavy (non-hydrogen) atoms. The van der Waals surface area contributed by atoms with Crippen LogP contribution in [0.5, 0.6) is 0 Å². The molecule has 1 amide bonds. The maximum absolute atomic E-state index is 11.7. The van der Waals surface area contributed by atoms with Gasteiger partial charge < -0.3 is 15.5 Å². The minimum absolute atomic E-state index is 0.0144. The van der Waals surface area contributed by atoms with Gasteiger partial charge in [0.1, 0.15) is 0 Å². The third kappa shape index (κ3) is 5.59. The van der Waals surface area contributed by atoms with Crippen molar-refractivity contribution in [2.24, 2.45) is 0 Å². The van der Waals surface area contributed by atoms with Crippen molar-refractivity contribution < 1.29 is 4.79 Å². The fraction of sp³-hybridized carbons (Fsp3) is 0.500. The summed E-state index contributed by atoms with van der Waals surface area (Å²) >= 11 is 5.78. The van der Waals surface area contributed by atoms with Crippen LogP contribution in [0.3, 0.4) is 0 Å². The van der Waals surface area contributed by atoms with E-state index in [4.69, 9.17) is 11.6 Å². The van der Waals surface area contributed by atoms with Crippen molar-refractivity contribution in [2.45, 2.75) is 19.4 Å². The topological polar surface area (TPSA) is 44.4 Å². The van der Waals surface area contributed by atoms with E-state index in [1.165, 1.54) is 0 Å². The van der Waals surface area contributed by atoms with Crippen molar-refractivity contribution in [2.75, 3.05) is 32.5 Å². The van der Waals surface area contributed by atoms with E-state index in [0.29, 0.717) is 11.6 Å². The Labute approximate surface area is 120 Å². The van der Waals surface area contributed by atoms with Crippen LogP contribution in [0.2, 0.25) is 5.02 Å². The molecule has 0 bridgehead atoms. The Bertz CT molecular complexity index is 415. The summed E-state index contributed by atoms with van der Waals surface area (Å²) in [5.74, 6) is -0.0584. The first-order chi connectivity index (χ1) is 8.81. The van der Waals surface area contributed by atoms with Gasteiger partial charge in [-0.05, 0) is 52.2 Å². The standard InChI is InChI=1S/C14H22ClN3O/c1-14(2,18(3)4)10-16-9-13(19)17-12-7-5-11(15)6-8-12/h5-8,16H,9-10H2,1-4H3,(H,17,19). The second-order valence-electron chi connectivity index (χ2n) is 5.37. The molecule has 4 nitrogen and oxygen atoms in total. The Morgan fingerprint density at radius 3 is 2.37 bits per heavy atom. The van der Waals surface area contributed by atoms with Gasteiger partial charge >= 0.3 is 0 Å². The van der Waals surface area contributed by atoms with Crippen LogP contribution >= 0.6 is 11.6 Å². The molecule has 0 spiro atoms. The fourth-order valence-electron chi connectivity index (χ4n) is 1.38. The van der Waals surface area contributed by atoms with Gasteiger partial charge in [0.25, 0.3) is 0 Å². The first-order valence-corrected chi connectivity index (χ1v) is 6.62. The monoisotopic (exact) mass is 283 g/mol. The van der Waals surface area contributed by atoms with Gasteiger partial charge in [0.05, 0.1) is 6.54 Å². The number of nitrogens with one attached hydrogen (secondary N) is 2. The van der Waals surface area contributed by atoms with Crippen molar-refractivity contribution in [3.63, 3.8) is 0 Å². The van der Waals surface area contributed by atoms with E-state index in [2.05, 4.69) is 29.4 Å². The van der Waals surface area contributed by atoms with Crippen LogP contribution in [-0.2, 0) is 4.79 Å². The second-order valence-corrected chi connectivity index (χ2v) is 5.80. The highest BCUT2D eigenvalue weighted by Gasteiger charge is 2.19. The van der Waals surface area contributed by atoms with Crippen LogP contribution in [0.25, 0.3) is 0 Å². The molecule has 0 saturated carbocycles. The van der Waals surface area contributed by atoms with Crippen LogP contribution in [-0.4, -0.2) is 43.5 Å². The summed E-state index contributed by atoms with van der Waals surface area (Å²) in [4.78, 5) is 13.9. The number of carbonyl (C=O) groups is 1. The van der Waals surface area contributed by atoms with Crippen LogP contribution in [0.4, 0.5) is 5.69 Å². The third-order valence-corrected chi connectivity index (χ3v) is 3.43. The number of halogens is 1. The summed E-state index contributed by atoms with van der Waals surface area (Å²) in [6.45, 7) is 5.28. The zero-order valence-electron chi connectivity index (χ0n) is 12.0. The molecule has 0 heterocycles. The van der Waals surface area contributed by atoms with Crippen molar-refractivity contribution in [3.05, 3.63) is 29.3 Å². The first-order valence-electron chi connectivity index (χ1n) is 6.25. The maximum Gasteiger partial charge on any atom is 0.238 e. The Kier molecular flexibility index (Phi) is 5.79. The molecule has 0 aliphatic carbocycles. The lowest BCUT2D eigenvalue weighted by atomic mass is 10.0. The van der Waals surface area contributed by atoms with Crippen LogP contribution in [0.1, 0.15) is 13.8 Å². The summed E-state index contributed by atoms with van der Waals surface area (Å²) < 4.78 is 0. The third-order valence-electron chi connectivity index (χ3n) is 3.18. The molecule has 0 unspecified atom stereocenters. The normalized spacial score (nSPS) is 11.7. The van der Waals surface area contributed by atoms with Crippen LogP contribution in [0, 0.1) is 0 Å². The minimum atomic E-state index is -0.0584. The van der Waals surface area contributed by atoms with Crippen molar-refractivity contribution >= 4 is 23.2 Å². The minimum Gasteiger partial charge on any atom is -0.325 e. The van der Waals surface area contributed by atoms with E-state index in [9.17, 15) is 4.79 Å². The molecule has 106 valence electrons. The van der Waals surface area contributed by atoms with E-state index in [-0.39, 0.29) is 11.4 Å². The molecule has 0 fully saturated rings. The highest BCUT2D eigenvalue weighted by atomic mass is 35.5. The number of hydrogen-bond acceptors (Lipinski definition) is 3. The number of carbonyl (C=O) groups excluding carboxylic acids is 1. The molecule has 0 aliphatic rings. The highest BCUT2D eigenvalue weighted by Crippen LogP contribution is 2.13. The van der Waals surface area contributed by atoms with Crippen molar-refractivity contribution in [1.82, 2.24) is 10.2 Å². The van der Waals surface area contributed by atoms with Crippen molar-refractivity contribution in [1.29, 1.82) is 0 Å². The van der Waals surface area contributed by atoms with Gasteiger partial charge in [-0.1, -0.05) is 11.6 Å². The van der Waals surface area contributed by atoms with E-state index in [0.717, 1.165) is 12.2 Å². The molecule has 0 radical (unpaired) electrons. The van der Waals surface area contributed by atoms with Gasteiger partial charge in [-0.2, -0.15) is 0 Å². The molecule has 1 aromatic carbocycles. The molecule has 0 aliphatic heterocycles. The quantitative estimate of drug-likeness (QED) is 0.841. The number of benzene rings is 1. The van der Waals surface area contributed by atoms with Gasteiger partial charge in [0.15, 0.2) is 0 Å². The molecule has 2 N–H and O–H groups in total. The maximum atomic E-state index is 11.7. The lowest BCUT2D eigenvalue weighted by Crippen LogP contribution is -2.48. The number of likely N-dealkylation sites (N-methyl/N-ethyl adjacent to an activating group) is 1. The van der Waals surface area contributed by atoms with Gasteiger partial charge in [-0.25, -0.2) is 0 Å². The molecular formula is C14H22ClN3O. The predicted molar refractivity (Wildman–Crippen MR) is 80.7 cm³/mol. The molecule has 0 atom stereocenters. The Balaban J connectivity index is 2.34. The Morgan fingerprint density at radius 1 is 1.26 bits per heavy atom. The molecule has 1 rings (SSSR count). The lowest BCUT2D eigenvalue weighted by Gasteiger charge is -2.32. The molecular weight excluding hydrogens is 262 g/mol. The zero-order chi connectivity index (χ0) is 14.5. The SMILES string of the molecule is CN(C)C(C)(C)CNCC(=O)Nc1ccc(Cl)cc1. The number of anilines is 1. The van der Waals surface area contributed by atoms with E-state index >= 15 is 0 Å². The van der Waals surface area contributed by atoms with Crippen LogP contribution < -0.4 is 10.6 Å². The van der Waals surface area contributed by atoms with Crippen LogP contribution in [0.15, 0.2) is 24.3 Å². The Morgan fingerprint density at radius 2 is 1.84 bits per heavy atom. The van der Waals surface area contributed by atoms with Gasteiger partial charge in [0.2, 0.25) is 5.91 Å². The largest absolute Gasteiger partial charge is 0.325 e. The molecule has 0 aromatic heterocycles. The van der Waals surface area contributed by atoms with Gasteiger partial charge in [-0.3, -0.25) is 4.79 Å². The van der Waals surface area contributed by atoms with E-state index < -0.39 is 0 Å². The molecule has 5 heteroatoms. The lowest BCUT2D eigenvalue weighted by molar-refractivity contribution is -0.115. The highest BCUT2D eigenvalue weighted by molar-refractivity contribution is 6.30. The zero-order valence-corrected chi connectivity index (χ0v) is 12.7. The number of hydrogen-bond donors (Lipinski definition) is 2. The Hall–Kier alpha value is -1.10. The molecule has 0 saturated heterocycles. The summed E-state index contributed by atoms with van der Waals surface area (Å²) in [7, 11) is 4.05. The average molecular weight is 284 g/mol.